The molecule has 0 radical (unpaired) electrons. The molecule has 1 N–H and O–H groups in total. The molecule has 6 heteroatoms. The standard InChI is InChI=1S/C9H5ClN2O3/c10-6-2-1-3-7-11-4-5(9(14)15)8(13)12(6)7/h1-4H,(H,14,15). The van der Waals surface area contributed by atoms with Gasteiger partial charge in [0.1, 0.15) is 16.4 Å². The molecule has 76 valence electrons. The number of carboxylic acids is 1. The Hall–Kier alpha value is -1.88. The molecule has 0 bridgehead atoms. The summed E-state index contributed by atoms with van der Waals surface area (Å²) in [6.07, 6.45) is 1.02. The lowest BCUT2D eigenvalue weighted by atomic mass is 10.3. The van der Waals surface area contributed by atoms with Crippen molar-refractivity contribution in [2.75, 3.05) is 0 Å². The first-order chi connectivity index (χ1) is 7.11. The second-order valence-corrected chi connectivity index (χ2v) is 3.21. The predicted octanol–water partition coefficient (Wildman–Crippen LogP) is 1.05. The fraction of sp³-hybridized carbons (Fsp3) is 0. The Labute approximate surface area is 88.6 Å². The highest BCUT2D eigenvalue weighted by Gasteiger charge is 2.12. The zero-order valence-electron chi connectivity index (χ0n) is 7.35. The number of pyridine rings is 1. The van der Waals surface area contributed by atoms with Crippen LogP contribution in [0.1, 0.15) is 10.4 Å². The quantitative estimate of drug-likeness (QED) is 0.735. The number of aromatic nitrogens is 2. The molecule has 0 unspecified atom stereocenters. The smallest absolute Gasteiger partial charge is 0.342 e. The van der Waals surface area contributed by atoms with E-state index in [-0.39, 0.29) is 5.15 Å². The highest BCUT2D eigenvalue weighted by atomic mass is 35.5. The summed E-state index contributed by atoms with van der Waals surface area (Å²) in [4.78, 5) is 26.2. The molecular weight excluding hydrogens is 220 g/mol. The van der Waals surface area contributed by atoms with Gasteiger partial charge in [0, 0.05) is 6.20 Å². The van der Waals surface area contributed by atoms with E-state index in [1.807, 2.05) is 0 Å². The van der Waals surface area contributed by atoms with Crippen LogP contribution in [0.3, 0.4) is 0 Å². The lowest BCUT2D eigenvalue weighted by molar-refractivity contribution is 0.0694. The molecule has 0 aliphatic heterocycles. The SMILES string of the molecule is O=C(O)c1cnc2cccc(Cl)n2c1=O. The number of carboxylic acid groups (broad SMARTS) is 1. The lowest BCUT2D eigenvalue weighted by Gasteiger charge is -2.02. The summed E-state index contributed by atoms with van der Waals surface area (Å²) in [5.74, 6) is -1.32. The van der Waals surface area contributed by atoms with E-state index in [4.69, 9.17) is 16.7 Å². The summed E-state index contributed by atoms with van der Waals surface area (Å²) in [6, 6.07) is 4.69. The zero-order valence-corrected chi connectivity index (χ0v) is 8.10. The molecule has 0 aliphatic carbocycles. The van der Waals surface area contributed by atoms with Crippen LogP contribution in [-0.2, 0) is 0 Å². The first-order valence-corrected chi connectivity index (χ1v) is 4.38. The largest absolute Gasteiger partial charge is 0.477 e. The van der Waals surface area contributed by atoms with Crippen molar-refractivity contribution in [3.05, 3.63) is 45.5 Å². The van der Waals surface area contributed by atoms with E-state index in [1.54, 1.807) is 12.1 Å². The maximum Gasteiger partial charge on any atom is 0.342 e. The maximum absolute atomic E-state index is 11.6. The molecule has 0 aliphatic rings. The Balaban J connectivity index is 2.96. The second kappa shape index (κ2) is 3.36. The fourth-order valence-electron chi connectivity index (χ4n) is 1.23. The van der Waals surface area contributed by atoms with Gasteiger partial charge in [0.05, 0.1) is 0 Å². The number of rotatable bonds is 1. The van der Waals surface area contributed by atoms with Crippen molar-refractivity contribution in [2.45, 2.75) is 0 Å². The minimum Gasteiger partial charge on any atom is -0.477 e. The van der Waals surface area contributed by atoms with Crippen LogP contribution in [0.2, 0.25) is 5.15 Å². The number of hydrogen-bond donors (Lipinski definition) is 1. The van der Waals surface area contributed by atoms with Gasteiger partial charge < -0.3 is 5.11 Å². The molecule has 0 fully saturated rings. The molecule has 2 aromatic heterocycles. The third-order valence-corrected chi connectivity index (χ3v) is 2.21. The predicted molar refractivity (Wildman–Crippen MR) is 53.4 cm³/mol. The van der Waals surface area contributed by atoms with Crippen molar-refractivity contribution in [3.63, 3.8) is 0 Å². The molecule has 0 atom stereocenters. The van der Waals surface area contributed by atoms with Gasteiger partial charge in [0.25, 0.3) is 5.56 Å². The van der Waals surface area contributed by atoms with Crippen LogP contribution in [0.4, 0.5) is 0 Å². The van der Waals surface area contributed by atoms with Crippen LogP contribution >= 0.6 is 11.6 Å². The number of halogens is 1. The molecule has 0 saturated carbocycles. The van der Waals surface area contributed by atoms with E-state index >= 15 is 0 Å². The van der Waals surface area contributed by atoms with E-state index in [0.29, 0.717) is 5.65 Å². The molecule has 2 aromatic rings. The number of aromatic carboxylic acids is 1. The normalized spacial score (nSPS) is 10.5. The van der Waals surface area contributed by atoms with Crippen LogP contribution in [0.25, 0.3) is 5.65 Å². The first kappa shape index (κ1) is 9.67. The molecule has 0 amide bonds. The van der Waals surface area contributed by atoms with Crippen molar-refractivity contribution in [1.82, 2.24) is 9.38 Å². The van der Waals surface area contributed by atoms with E-state index in [2.05, 4.69) is 4.98 Å². The first-order valence-electron chi connectivity index (χ1n) is 4.01. The van der Waals surface area contributed by atoms with Crippen molar-refractivity contribution in [3.8, 4) is 0 Å². The average molecular weight is 225 g/mol. The average Bonchev–Trinajstić information content (AvgIpc) is 2.17. The molecule has 0 spiro atoms. The second-order valence-electron chi connectivity index (χ2n) is 2.82. The summed E-state index contributed by atoms with van der Waals surface area (Å²) in [5, 5.41) is 8.85. The van der Waals surface area contributed by atoms with Gasteiger partial charge in [-0.05, 0) is 12.1 Å². The Kier molecular flexibility index (Phi) is 2.17. The van der Waals surface area contributed by atoms with Gasteiger partial charge in [-0.15, -0.1) is 0 Å². The summed E-state index contributed by atoms with van der Waals surface area (Å²) in [5.41, 5.74) is -0.767. The maximum atomic E-state index is 11.6. The van der Waals surface area contributed by atoms with Crippen LogP contribution < -0.4 is 5.56 Å². The summed E-state index contributed by atoms with van der Waals surface area (Å²) in [7, 11) is 0. The third-order valence-electron chi connectivity index (χ3n) is 1.91. The van der Waals surface area contributed by atoms with Gasteiger partial charge in [0.15, 0.2) is 0 Å². The Bertz CT molecular complexity index is 606. The van der Waals surface area contributed by atoms with Crippen LogP contribution in [0.5, 0.6) is 0 Å². The molecular formula is C9H5ClN2O3. The van der Waals surface area contributed by atoms with Gasteiger partial charge in [-0.3, -0.25) is 4.79 Å². The van der Waals surface area contributed by atoms with Gasteiger partial charge in [-0.1, -0.05) is 17.7 Å². The summed E-state index contributed by atoms with van der Waals surface area (Å²) >= 11 is 5.77. The summed E-state index contributed by atoms with van der Waals surface area (Å²) < 4.78 is 1.05. The molecule has 0 aromatic carbocycles. The molecule has 0 saturated heterocycles. The van der Waals surface area contributed by atoms with Crippen LogP contribution in [0, 0.1) is 0 Å². The number of fused-ring (bicyclic) bond motifs is 1. The zero-order chi connectivity index (χ0) is 11.0. The monoisotopic (exact) mass is 224 g/mol. The van der Waals surface area contributed by atoms with Crippen molar-refractivity contribution in [1.29, 1.82) is 0 Å². The van der Waals surface area contributed by atoms with Gasteiger partial charge >= 0.3 is 5.97 Å². The minimum absolute atomic E-state index is 0.133. The topological polar surface area (TPSA) is 71.7 Å². The third kappa shape index (κ3) is 1.46. The molecule has 15 heavy (non-hydrogen) atoms. The highest BCUT2D eigenvalue weighted by molar-refractivity contribution is 6.29. The number of hydrogen-bond acceptors (Lipinski definition) is 3. The van der Waals surface area contributed by atoms with Gasteiger partial charge in [-0.2, -0.15) is 0 Å². The number of carbonyl (C=O) groups is 1. The minimum atomic E-state index is -1.32. The van der Waals surface area contributed by atoms with E-state index in [9.17, 15) is 9.59 Å². The van der Waals surface area contributed by atoms with Gasteiger partial charge in [0.2, 0.25) is 0 Å². The Morgan fingerprint density at radius 2 is 2.20 bits per heavy atom. The van der Waals surface area contributed by atoms with E-state index in [1.165, 1.54) is 6.07 Å². The van der Waals surface area contributed by atoms with E-state index < -0.39 is 17.1 Å². The van der Waals surface area contributed by atoms with Crippen molar-refractivity contribution < 1.29 is 9.90 Å². The molecule has 2 heterocycles. The summed E-state index contributed by atoms with van der Waals surface area (Å²) in [6.45, 7) is 0. The number of nitrogens with zero attached hydrogens (tertiary/aromatic N) is 2. The van der Waals surface area contributed by atoms with Crippen LogP contribution in [0.15, 0.2) is 29.2 Å². The lowest BCUT2D eigenvalue weighted by Crippen LogP contribution is -2.23. The Morgan fingerprint density at radius 1 is 1.47 bits per heavy atom. The highest BCUT2D eigenvalue weighted by Crippen LogP contribution is 2.08. The Morgan fingerprint density at radius 3 is 2.87 bits per heavy atom. The van der Waals surface area contributed by atoms with E-state index in [0.717, 1.165) is 10.6 Å². The molecule has 5 nitrogen and oxygen atoms in total. The van der Waals surface area contributed by atoms with Crippen molar-refractivity contribution >= 4 is 23.2 Å². The van der Waals surface area contributed by atoms with Gasteiger partial charge in [-0.25, -0.2) is 14.2 Å². The van der Waals surface area contributed by atoms with Crippen LogP contribution in [-0.4, -0.2) is 20.5 Å². The molecule has 2 rings (SSSR count). The fourth-order valence-corrected chi connectivity index (χ4v) is 1.46. The van der Waals surface area contributed by atoms with Crippen molar-refractivity contribution in [2.24, 2.45) is 0 Å².